The topological polar surface area (TPSA) is 118 Å². The van der Waals surface area contributed by atoms with Gasteiger partial charge >= 0.3 is 0 Å². The van der Waals surface area contributed by atoms with Crippen LogP contribution in [0, 0.1) is 5.95 Å². The molecule has 0 aliphatic heterocycles. The van der Waals surface area contributed by atoms with E-state index in [2.05, 4.69) is 35.6 Å². The summed E-state index contributed by atoms with van der Waals surface area (Å²) in [6, 6.07) is 6.78. The SMILES string of the molecule is COC[C@@H](C)Nc1ncnc2[nH]cc(C(=O)c3ccc(Nc4ccc(C5CC5)nc4)nc3F)c12. The molecule has 5 rings (SSSR count). The number of fused-ring (bicyclic) bond motifs is 1. The van der Waals surface area contributed by atoms with Gasteiger partial charge in [0.05, 0.1) is 35.0 Å². The monoisotopic (exact) mass is 461 g/mol. The lowest BCUT2D eigenvalue weighted by atomic mass is 10.0. The number of hydrogen-bond donors (Lipinski definition) is 3. The largest absolute Gasteiger partial charge is 0.383 e. The summed E-state index contributed by atoms with van der Waals surface area (Å²) in [7, 11) is 1.60. The molecule has 0 radical (unpaired) electrons. The first-order valence-electron chi connectivity index (χ1n) is 11.0. The van der Waals surface area contributed by atoms with Gasteiger partial charge in [0.15, 0.2) is 5.78 Å². The van der Waals surface area contributed by atoms with Crippen molar-refractivity contribution in [3.8, 4) is 0 Å². The van der Waals surface area contributed by atoms with Crippen molar-refractivity contribution in [2.75, 3.05) is 24.4 Å². The zero-order valence-electron chi connectivity index (χ0n) is 18.8. The van der Waals surface area contributed by atoms with Crippen molar-refractivity contribution in [2.24, 2.45) is 0 Å². The van der Waals surface area contributed by atoms with E-state index >= 15 is 0 Å². The number of rotatable bonds is 9. The first-order valence-corrected chi connectivity index (χ1v) is 11.0. The Kier molecular flexibility index (Phi) is 5.89. The molecule has 9 nitrogen and oxygen atoms in total. The number of aromatic nitrogens is 5. The summed E-state index contributed by atoms with van der Waals surface area (Å²) < 4.78 is 20.1. The number of nitrogens with one attached hydrogen (secondary N) is 3. The highest BCUT2D eigenvalue weighted by molar-refractivity contribution is 6.18. The minimum absolute atomic E-state index is 0.0578. The molecule has 3 N–H and O–H groups in total. The van der Waals surface area contributed by atoms with Crippen molar-refractivity contribution in [3.05, 3.63) is 65.8 Å². The van der Waals surface area contributed by atoms with Gasteiger partial charge in [-0.2, -0.15) is 4.39 Å². The van der Waals surface area contributed by atoms with E-state index in [1.54, 1.807) is 19.4 Å². The van der Waals surface area contributed by atoms with E-state index in [1.807, 2.05) is 19.1 Å². The maximum Gasteiger partial charge on any atom is 0.226 e. The van der Waals surface area contributed by atoms with Crippen molar-refractivity contribution in [1.29, 1.82) is 0 Å². The predicted octanol–water partition coefficient (Wildman–Crippen LogP) is 4.19. The van der Waals surface area contributed by atoms with Crippen LogP contribution < -0.4 is 10.6 Å². The van der Waals surface area contributed by atoms with Crippen LogP contribution in [0.25, 0.3) is 11.0 Å². The average Bonchev–Trinajstić information content (AvgIpc) is 3.58. The first-order chi connectivity index (χ1) is 16.5. The molecule has 4 aromatic rings. The number of ether oxygens (including phenoxy) is 1. The van der Waals surface area contributed by atoms with Crippen molar-refractivity contribution >= 4 is 34.1 Å². The maximum absolute atomic E-state index is 14.9. The van der Waals surface area contributed by atoms with Crippen LogP contribution in [0.3, 0.4) is 0 Å². The Morgan fingerprint density at radius 1 is 1.21 bits per heavy atom. The molecule has 174 valence electrons. The molecule has 4 aromatic heterocycles. The lowest BCUT2D eigenvalue weighted by Crippen LogP contribution is -2.22. The summed E-state index contributed by atoms with van der Waals surface area (Å²) >= 11 is 0. The first kappa shape index (κ1) is 21.9. The predicted molar refractivity (Wildman–Crippen MR) is 126 cm³/mol. The molecule has 0 spiro atoms. The van der Waals surface area contributed by atoms with Crippen LogP contribution in [0.15, 0.2) is 43.0 Å². The Balaban J connectivity index is 1.39. The summed E-state index contributed by atoms with van der Waals surface area (Å²) in [4.78, 5) is 33.0. The van der Waals surface area contributed by atoms with E-state index in [9.17, 15) is 9.18 Å². The number of hydrogen-bond acceptors (Lipinski definition) is 8. The molecule has 0 amide bonds. The minimum Gasteiger partial charge on any atom is -0.383 e. The number of aromatic amines is 1. The Morgan fingerprint density at radius 2 is 2.06 bits per heavy atom. The molecule has 34 heavy (non-hydrogen) atoms. The molecule has 4 heterocycles. The van der Waals surface area contributed by atoms with Crippen LogP contribution >= 0.6 is 0 Å². The third-order valence-electron chi connectivity index (χ3n) is 5.66. The summed E-state index contributed by atoms with van der Waals surface area (Å²) in [6.45, 7) is 2.38. The van der Waals surface area contributed by atoms with E-state index < -0.39 is 11.7 Å². The van der Waals surface area contributed by atoms with Crippen LogP contribution in [-0.2, 0) is 4.74 Å². The van der Waals surface area contributed by atoms with E-state index in [4.69, 9.17) is 4.74 Å². The number of carbonyl (C=O) groups excluding carboxylic acids is 1. The number of nitrogens with zero attached hydrogens (tertiary/aromatic N) is 4. The van der Waals surface area contributed by atoms with Crippen LogP contribution in [0.2, 0.25) is 0 Å². The minimum atomic E-state index is -0.869. The second-order valence-electron chi connectivity index (χ2n) is 8.38. The zero-order chi connectivity index (χ0) is 23.7. The molecule has 10 heteroatoms. The number of anilines is 3. The number of pyridine rings is 2. The molecule has 1 fully saturated rings. The highest BCUT2D eigenvalue weighted by atomic mass is 19.1. The molecule has 0 unspecified atom stereocenters. The number of ketones is 1. The van der Waals surface area contributed by atoms with Crippen LogP contribution in [0.4, 0.5) is 21.7 Å². The van der Waals surface area contributed by atoms with Gasteiger partial charge in [0, 0.05) is 31.0 Å². The number of carbonyl (C=O) groups is 1. The van der Waals surface area contributed by atoms with Gasteiger partial charge in [-0.1, -0.05) is 0 Å². The van der Waals surface area contributed by atoms with Gasteiger partial charge in [0.1, 0.15) is 23.6 Å². The molecular formula is C24H24FN7O2. The third kappa shape index (κ3) is 4.44. The lowest BCUT2D eigenvalue weighted by molar-refractivity contribution is 0.103. The lowest BCUT2D eigenvalue weighted by Gasteiger charge is -2.14. The molecule has 1 aliphatic rings. The second-order valence-corrected chi connectivity index (χ2v) is 8.38. The Morgan fingerprint density at radius 3 is 2.76 bits per heavy atom. The highest BCUT2D eigenvalue weighted by Crippen LogP contribution is 2.39. The van der Waals surface area contributed by atoms with Gasteiger partial charge in [-0.15, -0.1) is 0 Å². The molecule has 1 aliphatic carbocycles. The Hall–Kier alpha value is -3.92. The molecule has 1 atom stereocenters. The van der Waals surface area contributed by atoms with Crippen molar-refractivity contribution in [2.45, 2.75) is 31.7 Å². The standard InChI is InChI=1S/C24H24FN7O2/c1-13(11-34-2)30-24-20-17(10-27-23(20)28-12-29-24)21(33)16-6-8-19(32-22(16)25)31-15-5-7-18(26-9-15)14-3-4-14/h5-10,12-14H,3-4,11H2,1-2H3,(H,31,32)(H2,27,28,29,30)/t13-/m1/s1. The second kappa shape index (κ2) is 9.14. The van der Waals surface area contributed by atoms with E-state index in [0.29, 0.717) is 35.1 Å². The normalized spacial score (nSPS) is 14.2. The number of H-pyrrole nitrogens is 1. The van der Waals surface area contributed by atoms with Gasteiger partial charge in [0.25, 0.3) is 0 Å². The van der Waals surface area contributed by atoms with E-state index in [0.717, 1.165) is 5.69 Å². The maximum atomic E-state index is 14.9. The summed E-state index contributed by atoms with van der Waals surface area (Å²) in [5.41, 5.74) is 2.35. The van der Waals surface area contributed by atoms with Crippen molar-refractivity contribution in [3.63, 3.8) is 0 Å². The average molecular weight is 462 g/mol. The third-order valence-corrected chi connectivity index (χ3v) is 5.66. The summed E-state index contributed by atoms with van der Waals surface area (Å²) in [6.07, 6.45) is 6.95. The summed E-state index contributed by atoms with van der Waals surface area (Å²) in [5, 5.41) is 6.73. The van der Waals surface area contributed by atoms with Crippen molar-refractivity contribution < 1.29 is 13.9 Å². The van der Waals surface area contributed by atoms with Crippen LogP contribution in [0.5, 0.6) is 0 Å². The van der Waals surface area contributed by atoms with E-state index in [-0.39, 0.29) is 23.0 Å². The van der Waals surface area contributed by atoms with Crippen LogP contribution in [0.1, 0.15) is 47.3 Å². The fourth-order valence-electron chi connectivity index (χ4n) is 3.84. The smallest absolute Gasteiger partial charge is 0.226 e. The van der Waals surface area contributed by atoms with Crippen LogP contribution in [-0.4, -0.2) is 50.5 Å². The highest BCUT2D eigenvalue weighted by Gasteiger charge is 2.25. The number of methoxy groups -OCH3 is 1. The van der Waals surface area contributed by atoms with Crippen molar-refractivity contribution in [1.82, 2.24) is 24.9 Å². The quantitative estimate of drug-likeness (QED) is 0.251. The van der Waals surface area contributed by atoms with Gasteiger partial charge in [-0.3, -0.25) is 9.78 Å². The zero-order valence-corrected chi connectivity index (χ0v) is 18.8. The summed E-state index contributed by atoms with van der Waals surface area (Å²) in [5.74, 6) is -0.0776. The van der Waals surface area contributed by atoms with Gasteiger partial charge in [0.2, 0.25) is 5.95 Å². The fraction of sp³-hybridized carbons (Fsp3) is 0.292. The number of halogens is 1. The molecule has 0 aromatic carbocycles. The molecular weight excluding hydrogens is 437 g/mol. The fourth-order valence-corrected chi connectivity index (χ4v) is 3.84. The molecule has 0 saturated heterocycles. The molecule has 0 bridgehead atoms. The molecule has 1 saturated carbocycles. The van der Waals surface area contributed by atoms with Gasteiger partial charge in [-0.05, 0) is 44.0 Å². The van der Waals surface area contributed by atoms with Gasteiger partial charge in [-0.25, -0.2) is 15.0 Å². The van der Waals surface area contributed by atoms with Gasteiger partial charge < -0.3 is 20.4 Å². The Labute approximate surface area is 195 Å². The van der Waals surface area contributed by atoms with E-state index in [1.165, 1.54) is 31.4 Å². The Bertz CT molecular complexity index is 1340.